The Bertz CT molecular complexity index is 1420. The van der Waals surface area contributed by atoms with Crippen molar-refractivity contribution in [3.05, 3.63) is 87.0 Å². The van der Waals surface area contributed by atoms with Crippen LogP contribution in [-0.4, -0.2) is 16.4 Å². The van der Waals surface area contributed by atoms with Gasteiger partial charge in [0.2, 0.25) is 5.91 Å². The summed E-state index contributed by atoms with van der Waals surface area (Å²) in [5.74, 6) is -0.985. The first-order valence-electron chi connectivity index (χ1n) is 10.7. The van der Waals surface area contributed by atoms with Gasteiger partial charge in [-0.2, -0.15) is 0 Å². The molecule has 33 heavy (non-hydrogen) atoms. The van der Waals surface area contributed by atoms with E-state index in [-0.39, 0.29) is 17.0 Å². The van der Waals surface area contributed by atoms with Crippen molar-refractivity contribution in [2.45, 2.75) is 33.2 Å². The predicted octanol–water partition coefficient (Wildman–Crippen LogP) is 5.04. The standard InChI is InChI=1S/C26H25N3O3S/c1-4-20(29-21-8-6-5-7-18(21)16(3)13-22(29)30)25(32)28-26-23(24(27)31)19(14-33-26)17-11-9-15(2)10-12-17/h5-14,20H,4H2,1-3H3,(H2,27,31)(H,28,32). The second kappa shape index (κ2) is 9.03. The van der Waals surface area contributed by atoms with Crippen LogP contribution in [-0.2, 0) is 4.79 Å². The lowest BCUT2D eigenvalue weighted by Crippen LogP contribution is -2.33. The molecule has 1 unspecified atom stereocenters. The van der Waals surface area contributed by atoms with Gasteiger partial charge < -0.3 is 11.1 Å². The van der Waals surface area contributed by atoms with Gasteiger partial charge in [-0.25, -0.2) is 0 Å². The van der Waals surface area contributed by atoms with Crippen LogP contribution in [0.1, 0.15) is 40.9 Å². The maximum absolute atomic E-state index is 13.4. The first kappa shape index (κ1) is 22.5. The molecule has 0 spiro atoms. The van der Waals surface area contributed by atoms with E-state index in [9.17, 15) is 14.4 Å². The molecular formula is C26H25N3O3S. The second-order valence-electron chi connectivity index (χ2n) is 8.05. The quantitative estimate of drug-likeness (QED) is 0.423. The van der Waals surface area contributed by atoms with E-state index in [0.29, 0.717) is 22.5 Å². The Kier molecular flexibility index (Phi) is 6.16. The molecule has 4 rings (SSSR count). The highest BCUT2D eigenvalue weighted by atomic mass is 32.1. The number of nitrogens with two attached hydrogens (primary N) is 1. The fraction of sp³-hybridized carbons (Fsp3) is 0.192. The third-order valence-electron chi connectivity index (χ3n) is 5.80. The van der Waals surface area contributed by atoms with Gasteiger partial charge in [0.25, 0.3) is 11.5 Å². The first-order valence-corrected chi connectivity index (χ1v) is 11.6. The number of rotatable bonds is 6. The minimum Gasteiger partial charge on any atom is -0.365 e. The van der Waals surface area contributed by atoms with Gasteiger partial charge in [0.05, 0.1) is 11.1 Å². The number of hydrogen-bond donors (Lipinski definition) is 2. The molecule has 4 aromatic rings. The number of nitrogens with one attached hydrogen (secondary N) is 1. The number of carbonyl (C=O) groups excluding carboxylic acids is 2. The summed E-state index contributed by atoms with van der Waals surface area (Å²) in [6, 6.07) is 16.1. The van der Waals surface area contributed by atoms with E-state index in [1.54, 1.807) is 6.07 Å². The maximum atomic E-state index is 13.4. The minimum absolute atomic E-state index is 0.241. The number of aromatic nitrogens is 1. The predicted molar refractivity (Wildman–Crippen MR) is 134 cm³/mol. The van der Waals surface area contributed by atoms with Gasteiger partial charge in [-0.3, -0.25) is 19.0 Å². The van der Waals surface area contributed by atoms with Crippen molar-refractivity contribution in [3.63, 3.8) is 0 Å². The van der Waals surface area contributed by atoms with Gasteiger partial charge >= 0.3 is 0 Å². The lowest BCUT2D eigenvalue weighted by atomic mass is 10.0. The first-order chi connectivity index (χ1) is 15.8. The van der Waals surface area contributed by atoms with Gasteiger partial charge in [-0.05, 0) is 37.5 Å². The Morgan fingerprint density at radius 3 is 2.45 bits per heavy atom. The molecule has 168 valence electrons. The number of amides is 2. The van der Waals surface area contributed by atoms with E-state index in [2.05, 4.69) is 5.32 Å². The van der Waals surface area contributed by atoms with Crippen LogP contribution < -0.4 is 16.6 Å². The van der Waals surface area contributed by atoms with Crippen molar-refractivity contribution in [3.8, 4) is 11.1 Å². The lowest BCUT2D eigenvalue weighted by molar-refractivity contribution is -0.119. The van der Waals surface area contributed by atoms with E-state index < -0.39 is 11.9 Å². The number of anilines is 1. The Morgan fingerprint density at radius 2 is 1.79 bits per heavy atom. The summed E-state index contributed by atoms with van der Waals surface area (Å²) in [5, 5.41) is 5.98. The Hall–Kier alpha value is -3.71. The normalized spacial score (nSPS) is 12.0. The zero-order valence-corrected chi connectivity index (χ0v) is 19.5. The maximum Gasteiger partial charge on any atom is 0.252 e. The minimum atomic E-state index is -0.742. The Morgan fingerprint density at radius 1 is 1.09 bits per heavy atom. The molecule has 0 saturated heterocycles. The third-order valence-corrected chi connectivity index (χ3v) is 6.70. The summed E-state index contributed by atoms with van der Waals surface area (Å²) in [4.78, 5) is 38.6. The number of para-hydroxylation sites is 1. The zero-order chi connectivity index (χ0) is 23.7. The molecule has 0 aliphatic carbocycles. The van der Waals surface area contributed by atoms with E-state index in [4.69, 9.17) is 5.73 Å². The summed E-state index contributed by atoms with van der Waals surface area (Å²) in [6.07, 6.45) is 0.404. The number of benzene rings is 2. The number of aryl methyl sites for hydroxylation is 2. The Labute approximate surface area is 195 Å². The number of primary amides is 1. The topological polar surface area (TPSA) is 94.2 Å². The van der Waals surface area contributed by atoms with Crippen LogP contribution in [0.3, 0.4) is 0 Å². The fourth-order valence-electron chi connectivity index (χ4n) is 4.11. The van der Waals surface area contributed by atoms with Crippen molar-refractivity contribution >= 4 is 39.1 Å². The molecule has 2 aromatic carbocycles. The van der Waals surface area contributed by atoms with Gasteiger partial charge in [0.15, 0.2) is 0 Å². The number of pyridine rings is 1. The number of thiophene rings is 1. The monoisotopic (exact) mass is 459 g/mol. The van der Waals surface area contributed by atoms with Gasteiger partial charge in [-0.15, -0.1) is 11.3 Å². The number of nitrogens with zero attached hydrogens (tertiary/aromatic N) is 1. The number of hydrogen-bond acceptors (Lipinski definition) is 4. The molecule has 6 nitrogen and oxygen atoms in total. The van der Waals surface area contributed by atoms with Crippen LogP contribution in [0.15, 0.2) is 64.8 Å². The second-order valence-corrected chi connectivity index (χ2v) is 8.93. The lowest BCUT2D eigenvalue weighted by Gasteiger charge is -2.21. The summed E-state index contributed by atoms with van der Waals surface area (Å²) in [6.45, 7) is 5.72. The summed E-state index contributed by atoms with van der Waals surface area (Å²) < 4.78 is 1.52. The molecular weight excluding hydrogens is 434 g/mol. The van der Waals surface area contributed by atoms with Crippen LogP contribution in [0, 0.1) is 13.8 Å². The Balaban J connectivity index is 1.74. The van der Waals surface area contributed by atoms with Gasteiger partial charge in [0.1, 0.15) is 11.0 Å². The molecule has 0 saturated carbocycles. The molecule has 2 heterocycles. The zero-order valence-electron chi connectivity index (χ0n) is 18.7. The van der Waals surface area contributed by atoms with Gasteiger partial charge in [0, 0.05) is 22.4 Å². The molecule has 0 bridgehead atoms. The van der Waals surface area contributed by atoms with Crippen molar-refractivity contribution < 1.29 is 9.59 Å². The van der Waals surface area contributed by atoms with E-state index in [1.165, 1.54) is 15.9 Å². The molecule has 3 N–H and O–H groups in total. The van der Waals surface area contributed by atoms with Crippen LogP contribution in [0.25, 0.3) is 22.0 Å². The average molecular weight is 460 g/mol. The molecule has 0 aliphatic rings. The molecule has 2 amide bonds. The van der Waals surface area contributed by atoms with E-state index in [0.717, 1.165) is 22.1 Å². The van der Waals surface area contributed by atoms with Gasteiger partial charge in [-0.1, -0.05) is 55.0 Å². The van der Waals surface area contributed by atoms with Crippen molar-refractivity contribution in [1.82, 2.24) is 4.57 Å². The number of fused-ring (bicyclic) bond motifs is 1. The van der Waals surface area contributed by atoms with Crippen LogP contribution >= 0.6 is 11.3 Å². The van der Waals surface area contributed by atoms with Crippen molar-refractivity contribution in [1.29, 1.82) is 0 Å². The van der Waals surface area contributed by atoms with E-state index in [1.807, 2.05) is 74.7 Å². The highest BCUT2D eigenvalue weighted by molar-refractivity contribution is 7.15. The van der Waals surface area contributed by atoms with E-state index >= 15 is 0 Å². The van der Waals surface area contributed by atoms with Crippen molar-refractivity contribution in [2.24, 2.45) is 5.73 Å². The average Bonchev–Trinajstić information content (AvgIpc) is 3.20. The van der Waals surface area contributed by atoms with Crippen LogP contribution in [0.5, 0.6) is 0 Å². The summed E-state index contributed by atoms with van der Waals surface area (Å²) in [5.41, 5.74) is 9.91. The summed E-state index contributed by atoms with van der Waals surface area (Å²) >= 11 is 1.25. The highest BCUT2D eigenvalue weighted by Crippen LogP contribution is 2.36. The molecule has 0 fully saturated rings. The molecule has 1 atom stereocenters. The summed E-state index contributed by atoms with van der Waals surface area (Å²) in [7, 11) is 0. The highest BCUT2D eigenvalue weighted by Gasteiger charge is 2.25. The molecule has 7 heteroatoms. The SMILES string of the molecule is CCC(C(=O)Nc1scc(-c2ccc(C)cc2)c1C(N)=O)n1c(=O)cc(C)c2ccccc21. The molecule has 0 radical (unpaired) electrons. The molecule has 0 aliphatic heterocycles. The fourth-order valence-corrected chi connectivity index (χ4v) is 5.09. The van der Waals surface area contributed by atoms with Crippen LogP contribution in [0.4, 0.5) is 5.00 Å². The number of carbonyl (C=O) groups is 2. The smallest absolute Gasteiger partial charge is 0.252 e. The van der Waals surface area contributed by atoms with Crippen LogP contribution in [0.2, 0.25) is 0 Å². The van der Waals surface area contributed by atoms with Crippen molar-refractivity contribution in [2.75, 3.05) is 5.32 Å². The third kappa shape index (κ3) is 4.19. The molecule has 2 aromatic heterocycles. The largest absolute Gasteiger partial charge is 0.365 e.